The zero-order valence-electron chi connectivity index (χ0n) is 16.1. The smallest absolute Gasteiger partial charge is 0.311 e. The van der Waals surface area contributed by atoms with E-state index in [1.165, 1.54) is 6.26 Å². The third-order valence-corrected chi connectivity index (χ3v) is 4.85. The summed E-state index contributed by atoms with van der Waals surface area (Å²) in [6, 6.07) is 5.47. The summed E-state index contributed by atoms with van der Waals surface area (Å²) < 4.78 is 16.6. The average molecular weight is 387 g/mol. The lowest BCUT2D eigenvalue weighted by Gasteiger charge is -2.22. The molecule has 0 spiro atoms. The van der Waals surface area contributed by atoms with Crippen LogP contribution in [0.1, 0.15) is 40.1 Å². The van der Waals surface area contributed by atoms with E-state index in [-0.39, 0.29) is 17.7 Å². The number of aliphatic carboxylic acids is 1. The summed E-state index contributed by atoms with van der Waals surface area (Å²) in [5, 5.41) is 11.8. The largest absolute Gasteiger partial charge is 0.493 e. The summed E-state index contributed by atoms with van der Waals surface area (Å²) in [7, 11) is 0. The number of hydrogen-bond donors (Lipinski definition) is 2. The second-order valence-electron chi connectivity index (χ2n) is 7.09. The van der Waals surface area contributed by atoms with Gasteiger partial charge in [0.1, 0.15) is 17.9 Å². The van der Waals surface area contributed by atoms with Crippen molar-refractivity contribution in [2.45, 2.75) is 33.1 Å². The number of furan rings is 1. The first-order valence-corrected chi connectivity index (χ1v) is 9.35. The molecule has 0 unspecified atom stereocenters. The molecule has 0 atom stereocenters. The number of ether oxygens (including phenoxy) is 2. The topological polar surface area (TPSA) is 98.0 Å². The van der Waals surface area contributed by atoms with E-state index in [1.54, 1.807) is 19.1 Å². The van der Waals surface area contributed by atoms with Gasteiger partial charge in [-0.25, -0.2) is 0 Å². The summed E-state index contributed by atoms with van der Waals surface area (Å²) >= 11 is 0. The van der Waals surface area contributed by atoms with E-state index < -0.39 is 11.9 Å². The molecule has 1 saturated heterocycles. The second kappa shape index (κ2) is 8.93. The fourth-order valence-corrected chi connectivity index (χ4v) is 3.22. The van der Waals surface area contributed by atoms with Crippen molar-refractivity contribution < 1.29 is 28.6 Å². The molecule has 2 N–H and O–H groups in total. The molecule has 2 aromatic rings. The number of anilines is 1. The molecule has 150 valence electrons. The van der Waals surface area contributed by atoms with Gasteiger partial charge in [-0.15, -0.1) is 0 Å². The molecule has 1 aliphatic rings. The Hall–Kier alpha value is -2.80. The van der Waals surface area contributed by atoms with Crippen molar-refractivity contribution in [1.29, 1.82) is 0 Å². The first-order chi connectivity index (χ1) is 13.4. The molecule has 0 aliphatic carbocycles. The van der Waals surface area contributed by atoms with Gasteiger partial charge in [-0.05, 0) is 44.2 Å². The van der Waals surface area contributed by atoms with Crippen LogP contribution >= 0.6 is 0 Å². The predicted octanol–water partition coefficient (Wildman–Crippen LogP) is 3.58. The lowest BCUT2D eigenvalue weighted by atomic mass is 10.0. The molecule has 1 aromatic heterocycles. The minimum absolute atomic E-state index is 0.144. The highest BCUT2D eigenvalue weighted by Crippen LogP contribution is 2.26. The molecule has 7 nitrogen and oxygen atoms in total. The van der Waals surface area contributed by atoms with Crippen LogP contribution in [0.15, 0.2) is 28.9 Å². The van der Waals surface area contributed by atoms with Crippen LogP contribution in [0.25, 0.3) is 0 Å². The molecule has 0 radical (unpaired) electrons. The maximum absolute atomic E-state index is 12.7. The van der Waals surface area contributed by atoms with Gasteiger partial charge in [0, 0.05) is 30.5 Å². The average Bonchev–Trinajstić information content (AvgIpc) is 3.02. The van der Waals surface area contributed by atoms with Gasteiger partial charge in [0.25, 0.3) is 5.91 Å². The number of carbonyl (C=O) groups is 2. The van der Waals surface area contributed by atoms with Crippen LogP contribution in [0.2, 0.25) is 0 Å². The molecule has 3 rings (SSSR count). The van der Waals surface area contributed by atoms with Gasteiger partial charge >= 0.3 is 5.97 Å². The highest BCUT2D eigenvalue weighted by atomic mass is 16.5. The standard InChI is InChI=1S/C21H25NO6/c1-13-3-4-16(9-17(13)28-12-15-5-7-26-8-6-15)22-21(25)20-14(2)11-27-18(20)10-19(23)24/h3-4,9,11,15H,5-8,10,12H2,1-2H3,(H,22,25)(H,23,24). The van der Waals surface area contributed by atoms with Crippen molar-refractivity contribution in [1.82, 2.24) is 0 Å². The molecule has 0 bridgehead atoms. The van der Waals surface area contributed by atoms with Crippen LogP contribution in [0, 0.1) is 19.8 Å². The van der Waals surface area contributed by atoms with Crippen molar-refractivity contribution in [2.75, 3.05) is 25.1 Å². The summed E-state index contributed by atoms with van der Waals surface area (Å²) in [4.78, 5) is 23.7. The van der Waals surface area contributed by atoms with E-state index in [9.17, 15) is 9.59 Å². The normalized spacial score (nSPS) is 14.6. The number of hydrogen-bond acceptors (Lipinski definition) is 5. The molecule has 1 fully saturated rings. The van der Waals surface area contributed by atoms with Gasteiger partial charge < -0.3 is 24.3 Å². The number of amides is 1. The van der Waals surface area contributed by atoms with Crippen LogP contribution in [0.5, 0.6) is 5.75 Å². The molecule has 7 heteroatoms. The Morgan fingerprint density at radius 3 is 2.68 bits per heavy atom. The zero-order valence-corrected chi connectivity index (χ0v) is 16.1. The van der Waals surface area contributed by atoms with E-state index in [0.717, 1.165) is 37.4 Å². The Morgan fingerprint density at radius 2 is 1.96 bits per heavy atom. The zero-order chi connectivity index (χ0) is 20.1. The van der Waals surface area contributed by atoms with E-state index in [2.05, 4.69) is 5.32 Å². The molecule has 2 heterocycles. The van der Waals surface area contributed by atoms with Gasteiger partial charge in [-0.1, -0.05) is 6.07 Å². The summed E-state index contributed by atoms with van der Waals surface area (Å²) in [5.74, 6) is -0.118. The summed E-state index contributed by atoms with van der Waals surface area (Å²) in [5.41, 5.74) is 2.42. The number of benzene rings is 1. The Morgan fingerprint density at radius 1 is 1.21 bits per heavy atom. The molecule has 1 amide bonds. The second-order valence-corrected chi connectivity index (χ2v) is 7.09. The number of carbonyl (C=O) groups excluding carboxylic acids is 1. The maximum Gasteiger partial charge on any atom is 0.311 e. The minimum Gasteiger partial charge on any atom is -0.493 e. The van der Waals surface area contributed by atoms with Gasteiger partial charge in [-0.3, -0.25) is 9.59 Å². The number of aryl methyl sites for hydroxylation is 2. The predicted molar refractivity (Wildman–Crippen MR) is 103 cm³/mol. The van der Waals surface area contributed by atoms with E-state index in [4.69, 9.17) is 19.0 Å². The lowest BCUT2D eigenvalue weighted by molar-refractivity contribution is -0.136. The lowest BCUT2D eigenvalue weighted by Crippen LogP contribution is -2.21. The van der Waals surface area contributed by atoms with Gasteiger partial charge in [0.05, 0.1) is 18.4 Å². The first kappa shape index (κ1) is 19.9. The minimum atomic E-state index is -1.05. The summed E-state index contributed by atoms with van der Waals surface area (Å²) in [6.07, 6.45) is 3.03. The van der Waals surface area contributed by atoms with Crippen molar-refractivity contribution in [3.05, 3.63) is 46.9 Å². The highest BCUT2D eigenvalue weighted by Gasteiger charge is 2.21. The Bertz CT molecular complexity index is 851. The Labute approximate surface area is 163 Å². The third kappa shape index (κ3) is 4.92. The van der Waals surface area contributed by atoms with Crippen LogP contribution in [0.4, 0.5) is 5.69 Å². The maximum atomic E-state index is 12.7. The molecule has 0 saturated carbocycles. The van der Waals surface area contributed by atoms with E-state index in [0.29, 0.717) is 23.8 Å². The van der Waals surface area contributed by atoms with Crippen molar-refractivity contribution in [2.24, 2.45) is 5.92 Å². The van der Waals surface area contributed by atoms with E-state index >= 15 is 0 Å². The SMILES string of the molecule is Cc1ccc(NC(=O)c2c(C)coc2CC(=O)O)cc1OCC1CCOCC1. The van der Waals surface area contributed by atoms with Crippen LogP contribution in [0.3, 0.4) is 0 Å². The van der Waals surface area contributed by atoms with Crippen molar-refractivity contribution in [3.8, 4) is 5.75 Å². The summed E-state index contributed by atoms with van der Waals surface area (Å²) in [6.45, 7) is 5.82. The van der Waals surface area contributed by atoms with Crippen molar-refractivity contribution in [3.63, 3.8) is 0 Å². The molecular weight excluding hydrogens is 362 g/mol. The third-order valence-electron chi connectivity index (χ3n) is 4.85. The first-order valence-electron chi connectivity index (χ1n) is 9.35. The molecular formula is C21H25NO6. The highest BCUT2D eigenvalue weighted by molar-refractivity contribution is 6.06. The van der Waals surface area contributed by atoms with Crippen molar-refractivity contribution >= 4 is 17.6 Å². The molecule has 1 aliphatic heterocycles. The van der Waals surface area contributed by atoms with Crippen LogP contribution in [-0.4, -0.2) is 36.8 Å². The van der Waals surface area contributed by atoms with Gasteiger partial charge in [0.2, 0.25) is 0 Å². The van der Waals surface area contributed by atoms with Gasteiger partial charge in [-0.2, -0.15) is 0 Å². The van der Waals surface area contributed by atoms with Crippen LogP contribution in [-0.2, 0) is 16.0 Å². The molecule has 1 aromatic carbocycles. The quantitative estimate of drug-likeness (QED) is 0.754. The fourth-order valence-electron chi connectivity index (χ4n) is 3.22. The number of carboxylic acids is 1. The van der Waals surface area contributed by atoms with Crippen LogP contribution < -0.4 is 10.1 Å². The molecule has 28 heavy (non-hydrogen) atoms. The fraction of sp³-hybridized carbons (Fsp3) is 0.429. The number of rotatable bonds is 7. The monoisotopic (exact) mass is 387 g/mol. The number of carboxylic acid groups (broad SMARTS) is 1. The number of nitrogens with one attached hydrogen (secondary N) is 1. The van der Waals surface area contributed by atoms with E-state index in [1.807, 2.05) is 13.0 Å². The Balaban J connectivity index is 1.69. The van der Waals surface area contributed by atoms with Gasteiger partial charge in [0.15, 0.2) is 0 Å². The Kier molecular flexibility index (Phi) is 6.36.